The fraction of sp³-hybridized carbons (Fsp3) is 0.556. The second-order valence-electron chi connectivity index (χ2n) is 3.39. The molecule has 0 N–H and O–H groups in total. The number of fused-ring (bicyclic) bond motifs is 3. The Labute approximate surface area is 71.5 Å². The molecule has 3 rings (SSSR count). The lowest BCUT2D eigenvalue weighted by Crippen LogP contribution is -2.34. The van der Waals surface area contributed by atoms with E-state index in [2.05, 4.69) is 27.8 Å². The first-order valence-electron chi connectivity index (χ1n) is 4.46. The topological polar surface area (TPSA) is 17.4 Å². The Balaban J connectivity index is 2.04. The first-order chi connectivity index (χ1) is 5.95. The normalized spacial score (nSPS) is 28.5. The van der Waals surface area contributed by atoms with Gasteiger partial charge in [-0.3, -0.25) is 4.90 Å². The average Bonchev–Trinajstić information content (AvgIpc) is 2.71. The summed E-state index contributed by atoms with van der Waals surface area (Å²) < 4.78 is 7.93. The summed E-state index contributed by atoms with van der Waals surface area (Å²) in [5, 5.41) is 0. The maximum atomic E-state index is 5.65. The Morgan fingerprint density at radius 1 is 1.33 bits per heavy atom. The van der Waals surface area contributed by atoms with Gasteiger partial charge in [-0.15, -0.1) is 0 Å². The van der Waals surface area contributed by atoms with Crippen molar-refractivity contribution in [3.05, 3.63) is 24.0 Å². The average molecular weight is 164 g/mol. The Bertz CT molecular complexity index is 294. The van der Waals surface area contributed by atoms with Crippen molar-refractivity contribution >= 4 is 0 Å². The van der Waals surface area contributed by atoms with Crippen LogP contribution < -0.4 is 0 Å². The van der Waals surface area contributed by atoms with Crippen molar-refractivity contribution in [3.63, 3.8) is 0 Å². The Hall–Kier alpha value is -0.800. The molecule has 0 unspecified atom stereocenters. The number of hydrogen-bond donors (Lipinski definition) is 0. The van der Waals surface area contributed by atoms with E-state index in [1.165, 1.54) is 5.69 Å². The van der Waals surface area contributed by atoms with Gasteiger partial charge in [0, 0.05) is 25.8 Å². The summed E-state index contributed by atoms with van der Waals surface area (Å²) in [6.45, 7) is 4.22. The zero-order valence-corrected chi connectivity index (χ0v) is 6.94. The molecule has 2 aliphatic rings. The van der Waals surface area contributed by atoms with Crippen molar-refractivity contribution in [1.82, 2.24) is 9.47 Å². The highest BCUT2D eigenvalue weighted by molar-refractivity contribution is 5.13. The van der Waals surface area contributed by atoms with Crippen molar-refractivity contribution in [2.75, 3.05) is 19.7 Å². The molecule has 1 atom stereocenters. The summed E-state index contributed by atoms with van der Waals surface area (Å²) in [5.41, 5.74) is 1.32. The van der Waals surface area contributed by atoms with Gasteiger partial charge in [0.1, 0.15) is 0 Å². The smallest absolute Gasteiger partial charge is 0.152 e. The summed E-state index contributed by atoms with van der Waals surface area (Å²) in [4.78, 5) is 2.40. The van der Waals surface area contributed by atoms with Gasteiger partial charge in [0.15, 0.2) is 6.23 Å². The van der Waals surface area contributed by atoms with Crippen molar-refractivity contribution < 1.29 is 4.74 Å². The Kier molecular flexibility index (Phi) is 1.31. The monoisotopic (exact) mass is 164 g/mol. The van der Waals surface area contributed by atoms with E-state index < -0.39 is 0 Å². The van der Waals surface area contributed by atoms with E-state index >= 15 is 0 Å². The van der Waals surface area contributed by atoms with Gasteiger partial charge in [-0.25, -0.2) is 0 Å². The lowest BCUT2D eigenvalue weighted by molar-refractivity contribution is 0.0119. The second kappa shape index (κ2) is 2.34. The maximum Gasteiger partial charge on any atom is 0.152 e. The summed E-state index contributed by atoms with van der Waals surface area (Å²) >= 11 is 0. The number of aromatic nitrogens is 1. The van der Waals surface area contributed by atoms with Crippen LogP contribution in [-0.4, -0.2) is 29.2 Å². The van der Waals surface area contributed by atoms with Gasteiger partial charge in [-0.1, -0.05) is 0 Å². The molecule has 0 spiro atoms. The van der Waals surface area contributed by atoms with Crippen molar-refractivity contribution in [3.8, 4) is 0 Å². The zero-order valence-electron chi connectivity index (χ0n) is 6.94. The number of rotatable bonds is 0. The number of ether oxygens (including phenoxy) is 1. The molecule has 0 aromatic carbocycles. The third kappa shape index (κ3) is 0.778. The summed E-state index contributed by atoms with van der Waals surface area (Å²) in [7, 11) is 0. The van der Waals surface area contributed by atoms with Crippen molar-refractivity contribution in [1.29, 1.82) is 0 Å². The van der Waals surface area contributed by atoms with E-state index in [0.717, 1.165) is 26.2 Å². The quantitative estimate of drug-likeness (QED) is 0.565. The maximum absolute atomic E-state index is 5.65. The first-order valence-corrected chi connectivity index (χ1v) is 4.46. The molecule has 3 nitrogen and oxygen atoms in total. The second-order valence-corrected chi connectivity index (χ2v) is 3.39. The molecule has 0 bridgehead atoms. The third-order valence-corrected chi connectivity index (χ3v) is 2.73. The van der Waals surface area contributed by atoms with Crippen LogP contribution in [0.1, 0.15) is 11.9 Å². The van der Waals surface area contributed by atoms with Crippen LogP contribution in [0.25, 0.3) is 0 Å². The van der Waals surface area contributed by atoms with Crippen LogP contribution in [0.5, 0.6) is 0 Å². The molecule has 0 saturated carbocycles. The molecule has 1 aromatic heterocycles. The molecule has 1 fully saturated rings. The third-order valence-electron chi connectivity index (χ3n) is 2.73. The molecule has 3 heteroatoms. The van der Waals surface area contributed by atoms with Gasteiger partial charge >= 0.3 is 0 Å². The Morgan fingerprint density at radius 2 is 2.33 bits per heavy atom. The lowest BCUT2D eigenvalue weighted by Gasteiger charge is -2.29. The van der Waals surface area contributed by atoms with Crippen molar-refractivity contribution in [2.45, 2.75) is 12.8 Å². The van der Waals surface area contributed by atoms with E-state index in [0.29, 0.717) is 0 Å². The molecule has 1 saturated heterocycles. The summed E-state index contributed by atoms with van der Waals surface area (Å²) in [6.07, 6.45) is 2.38. The minimum absolute atomic E-state index is 0.244. The van der Waals surface area contributed by atoms with Gasteiger partial charge in [-0.05, 0) is 12.1 Å². The molecule has 0 aliphatic carbocycles. The van der Waals surface area contributed by atoms with E-state index in [1.807, 2.05) is 0 Å². The van der Waals surface area contributed by atoms with Crippen LogP contribution in [0.3, 0.4) is 0 Å². The zero-order chi connectivity index (χ0) is 7.97. The van der Waals surface area contributed by atoms with Gasteiger partial charge in [0.2, 0.25) is 0 Å². The summed E-state index contributed by atoms with van der Waals surface area (Å²) in [5.74, 6) is 0. The highest BCUT2D eigenvalue weighted by Gasteiger charge is 2.31. The SMILES string of the molecule is c1cc2n(c1)CCN1CCO[C@H]21. The first kappa shape index (κ1) is 6.69. The Morgan fingerprint density at radius 3 is 3.33 bits per heavy atom. The van der Waals surface area contributed by atoms with E-state index in [9.17, 15) is 0 Å². The molecule has 1 aromatic rings. The fourth-order valence-electron chi connectivity index (χ4n) is 2.10. The molecule has 12 heavy (non-hydrogen) atoms. The standard InChI is InChI=1S/C9H12N2O/c1-2-8-9-11(6-7-12-9)5-4-10(8)3-1/h1-3,9H,4-7H2/t9-/m1/s1. The van der Waals surface area contributed by atoms with Crippen LogP contribution in [0.15, 0.2) is 18.3 Å². The molecule has 3 heterocycles. The van der Waals surface area contributed by atoms with E-state index in [1.54, 1.807) is 0 Å². The van der Waals surface area contributed by atoms with Gasteiger partial charge in [0.05, 0.1) is 12.3 Å². The van der Waals surface area contributed by atoms with Gasteiger partial charge < -0.3 is 9.30 Å². The van der Waals surface area contributed by atoms with Gasteiger partial charge in [0.25, 0.3) is 0 Å². The lowest BCUT2D eigenvalue weighted by atomic mass is 10.3. The van der Waals surface area contributed by atoms with Crippen LogP contribution in [-0.2, 0) is 11.3 Å². The van der Waals surface area contributed by atoms with E-state index in [-0.39, 0.29) is 6.23 Å². The van der Waals surface area contributed by atoms with Crippen LogP contribution in [0.4, 0.5) is 0 Å². The number of nitrogens with zero attached hydrogens (tertiary/aromatic N) is 2. The molecule has 0 amide bonds. The van der Waals surface area contributed by atoms with Gasteiger partial charge in [-0.2, -0.15) is 0 Å². The molecule has 2 aliphatic heterocycles. The predicted octanol–water partition coefficient (Wildman–Crippen LogP) is 0.832. The van der Waals surface area contributed by atoms with Crippen LogP contribution in [0.2, 0.25) is 0 Å². The minimum Gasteiger partial charge on any atom is -0.356 e. The van der Waals surface area contributed by atoms with Crippen LogP contribution >= 0.6 is 0 Å². The molecule has 0 radical (unpaired) electrons. The molecular weight excluding hydrogens is 152 g/mol. The number of hydrogen-bond acceptors (Lipinski definition) is 2. The minimum atomic E-state index is 0.244. The largest absolute Gasteiger partial charge is 0.356 e. The fourth-order valence-corrected chi connectivity index (χ4v) is 2.10. The molecule has 64 valence electrons. The highest BCUT2D eigenvalue weighted by atomic mass is 16.5. The van der Waals surface area contributed by atoms with Crippen molar-refractivity contribution in [2.24, 2.45) is 0 Å². The van der Waals surface area contributed by atoms with Crippen LogP contribution in [0, 0.1) is 0 Å². The highest BCUT2D eigenvalue weighted by Crippen LogP contribution is 2.30. The van der Waals surface area contributed by atoms with E-state index in [4.69, 9.17) is 4.74 Å². The predicted molar refractivity (Wildman–Crippen MR) is 44.7 cm³/mol. The summed E-state index contributed by atoms with van der Waals surface area (Å²) in [6, 6.07) is 4.25. The molecular formula is C9H12N2O.